The predicted molar refractivity (Wildman–Crippen MR) is 78.7 cm³/mol. The molecule has 2 aromatic heterocycles. The Balaban J connectivity index is 0.00000220. The molecule has 0 aromatic carbocycles. The lowest BCUT2D eigenvalue weighted by atomic mass is 10.2. The number of aryl methyl sites for hydroxylation is 1. The fraction of sp³-hybridized carbons (Fsp3) is 0.538. The average molecular weight is 320 g/mol. The van der Waals surface area contributed by atoms with Gasteiger partial charge in [-0.3, -0.25) is 9.36 Å². The third-order valence-corrected chi connectivity index (χ3v) is 3.17. The minimum Gasteiger partial charge on any atom is -0.308 e. The van der Waals surface area contributed by atoms with Crippen molar-refractivity contribution in [3.05, 3.63) is 35.4 Å². The van der Waals surface area contributed by atoms with E-state index < -0.39 is 6.43 Å². The van der Waals surface area contributed by atoms with Gasteiger partial charge in [0.2, 0.25) is 0 Å². The number of alkyl halides is 2. The van der Waals surface area contributed by atoms with Crippen molar-refractivity contribution in [3.8, 4) is 0 Å². The molecule has 0 spiro atoms. The molecule has 0 aliphatic rings. The Morgan fingerprint density at radius 3 is 2.62 bits per heavy atom. The van der Waals surface area contributed by atoms with E-state index in [2.05, 4.69) is 15.5 Å². The Morgan fingerprint density at radius 1 is 1.24 bits per heavy atom. The van der Waals surface area contributed by atoms with Crippen molar-refractivity contribution in [2.24, 2.45) is 0 Å². The van der Waals surface area contributed by atoms with Crippen LogP contribution in [0.1, 0.15) is 23.7 Å². The lowest BCUT2D eigenvalue weighted by Gasteiger charge is -2.05. The summed E-state index contributed by atoms with van der Waals surface area (Å²) in [6, 6.07) is 0. The highest BCUT2D eigenvalue weighted by atomic mass is 35.5. The first kappa shape index (κ1) is 17.6. The highest BCUT2D eigenvalue weighted by molar-refractivity contribution is 5.85. The molecule has 0 atom stereocenters. The molecule has 2 rings (SSSR count). The highest BCUT2D eigenvalue weighted by Gasteiger charge is 2.10. The second-order valence-electron chi connectivity index (χ2n) is 4.64. The molecule has 0 bridgehead atoms. The number of nitrogens with one attached hydrogen (secondary N) is 1. The summed E-state index contributed by atoms with van der Waals surface area (Å²) >= 11 is 0. The quantitative estimate of drug-likeness (QED) is 0.852. The molecule has 0 fully saturated rings. The zero-order valence-electron chi connectivity index (χ0n) is 12.1. The molecular weight excluding hydrogens is 300 g/mol. The minimum atomic E-state index is -2.38. The zero-order chi connectivity index (χ0) is 14.5. The van der Waals surface area contributed by atoms with Crippen LogP contribution in [0.3, 0.4) is 0 Å². The van der Waals surface area contributed by atoms with Crippen molar-refractivity contribution < 1.29 is 8.78 Å². The molecule has 0 radical (unpaired) electrons. The van der Waals surface area contributed by atoms with Crippen LogP contribution in [0.15, 0.2) is 18.6 Å². The van der Waals surface area contributed by atoms with Gasteiger partial charge in [-0.15, -0.1) is 12.4 Å². The third-order valence-electron chi connectivity index (χ3n) is 3.17. The molecule has 0 aliphatic heterocycles. The van der Waals surface area contributed by atoms with Gasteiger partial charge in [-0.2, -0.15) is 10.2 Å². The van der Waals surface area contributed by atoms with Crippen molar-refractivity contribution >= 4 is 12.4 Å². The molecule has 0 saturated carbocycles. The summed E-state index contributed by atoms with van der Waals surface area (Å²) in [6.45, 7) is 5.63. The number of halogens is 3. The van der Waals surface area contributed by atoms with Crippen molar-refractivity contribution in [2.45, 2.75) is 46.5 Å². The van der Waals surface area contributed by atoms with Crippen molar-refractivity contribution in [1.29, 1.82) is 0 Å². The Morgan fingerprint density at radius 2 is 2.00 bits per heavy atom. The molecular formula is C13H20ClF2N5. The second-order valence-corrected chi connectivity index (χ2v) is 4.64. The molecule has 5 nitrogen and oxygen atoms in total. The summed E-state index contributed by atoms with van der Waals surface area (Å²) in [5.41, 5.74) is 2.82. The first-order valence-electron chi connectivity index (χ1n) is 6.61. The van der Waals surface area contributed by atoms with E-state index in [1.807, 2.05) is 30.9 Å². The molecule has 2 heterocycles. The number of nitrogens with zero attached hydrogens (tertiary/aromatic N) is 4. The number of hydrogen-bond donors (Lipinski definition) is 1. The van der Waals surface area contributed by atoms with Crippen LogP contribution >= 0.6 is 12.4 Å². The molecule has 0 saturated heterocycles. The molecule has 8 heteroatoms. The molecule has 0 amide bonds. The number of aromatic nitrogens is 4. The maximum atomic E-state index is 12.3. The molecule has 2 aromatic rings. The lowest BCUT2D eigenvalue weighted by molar-refractivity contribution is 0.121. The standard InChI is InChI=1S/C13H19F2N5.ClH/c1-3-19-8-11(5-17-19)4-16-6-12-7-18-20(10(12)2)9-13(14)15;/h5,7-8,13,16H,3-4,6,9H2,1-2H3;1H. The van der Waals surface area contributed by atoms with E-state index in [4.69, 9.17) is 0 Å². The van der Waals surface area contributed by atoms with Crippen LogP contribution in [0.4, 0.5) is 8.78 Å². The maximum Gasteiger partial charge on any atom is 0.257 e. The fourth-order valence-electron chi connectivity index (χ4n) is 1.99. The lowest BCUT2D eigenvalue weighted by Crippen LogP contribution is -2.14. The van der Waals surface area contributed by atoms with Crippen LogP contribution in [0.25, 0.3) is 0 Å². The smallest absolute Gasteiger partial charge is 0.257 e. The van der Waals surface area contributed by atoms with Gasteiger partial charge in [-0.05, 0) is 13.8 Å². The van der Waals surface area contributed by atoms with E-state index in [0.717, 1.165) is 23.4 Å². The van der Waals surface area contributed by atoms with E-state index >= 15 is 0 Å². The largest absolute Gasteiger partial charge is 0.308 e. The van der Waals surface area contributed by atoms with Gasteiger partial charge in [-0.1, -0.05) is 0 Å². The average Bonchev–Trinajstić information content (AvgIpc) is 2.99. The van der Waals surface area contributed by atoms with Crippen LogP contribution < -0.4 is 5.32 Å². The van der Waals surface area contributed by atoms with Gasteiger partial charge in [0.1, 0.15) is 6.54 Å². The van der Waals surface area contributed by atoms with E-state index in [-0.39, 0.29) is 19.0 Å². The van der Waals surface area contributed by atoms with Crippen molar-refractivity contribution in [1.82, 2.24) is 24.9 Å². The third kappa shape index (κ3) is 4.78. The Bertz CT molecular complexity index is 553. The van der Waals surface area contributed by atoms with Crippen LogP contribution in [-0.2, 0) is 26.2 Å². The van der Waals surface area contributed by atoms with Crippen molar-refractivity contribution in [2.75, 3.05) is 0 Å². The second kappa shape index (κ2) is 8.09. The molecule has 1 N–H and O–H groups in total. The first-order valence-corrected chi connectivity index (χ1v) is 6.61. The van der Waals surface area contributed by atoms with Crippen LogP contribution in [0.5, 0.6) is 0 Å². The Labute approximate surface area is 128 Å². The van der Waals surface area contributed by atoms with E-state index in [0.29, 0.717) is 13.1 Å². The van der Waals surface area contributed by atoms with Crippen LogP contribution in [-0.4, -0.2) is 26.0 Å². The maximum absolute atomic E-state index is 12.3. The molecule has 0 aliphatic carbocycles. The van der Waals surface area contributed by atoms with Gasteiger partial charge < -0.3 is 5.32 Å². The zero-order valence-corrected chi connectivity index (χ0v) is 12.9. The number of rotatable bonds is 7. The highest BCUT2D eigenvalue weighted by Crippen LogP contribution is 2.09. The Kier molecular flexibility index (Phi) is 6.77. The van der Waals surface area contributed by atoms with E-state index in [9.17, 15) is 8.78 Å². The Hall–Kier alpha value is -1.47. The summed E-state index contributed by atoms with van der Waals surface area (Å²) in [6.07, 6.45) is 3.07. The summed E-state index contributed by atoms with van der Waals surface area (Å²) in [5, 5.41) is 11.4. The van der Waals surface area contributed by atoms with Gasteiger partial charge in [0, 0.05) is 42.7 Å². The van der Waals surface area contributed by atoms with Crippen molar-refractivity contribution in [3.63, 3.8) is 0 Å². The molecule has 0 unspecified atom stereocenters. The van der Waals surface area contributed by atoms with Crippen LogP contribution in [0.2, 0.25) is 0 Å². The van der Waals surface area contributed by atoms with Crippen LogP contribution in [0, 0.1) is 6.92 Å². The minimum absolute atomic E-state index is 0. The molecule has 21 heavy (non-hydrogen) atoms. The van der Waals surface area contributed by atoms with Gasteiger partial charge in [0.25, 0.3) is 6.43 Å². The summed E-state index contributed by atoms with van der Waals surface area (Å²) in [5.74, 6) is 0. The SMILES string of the molecule is CCn1cc(CNCc2cnn(CC(F)F)c2C)cn1.Cl. The summed E-state index contributed by atoms with van der Waals surface area (Å²) in [7, 11) is 0. The predicted octanol–water partition coefficient (Wildman–Crippen LogP) is 2.38. The fourth-order valence-corrected chi connectivity index (χ4v) is 1.99. The topological polar surface area (TPSA) is 47.7 Å². The molecule has 118 valence electrons. The normalized spacial score (nSPS) is 10.9. The van der Waals surface area contributed by atoms with Gasteiger partial charge in [-0.25, -0.2) is 8.78 Å². The van der Waals surface area contributed by atoms with E-state index in [1.165, 1.54) is 4.68 Å². The first-order chi connectivity index (χ1) is 9.60. The number of hydrogen-bond acceptors (Lipinski definition) is 3. The van der Waals surface area contributed by atoms with E-state index in [1.54, 1.807) is 6.20 Å². The van der Waals surface area contributed by atoms with Gasteiger partial charge in [0.05, 0.1) is 12.4 Å². The van der Waals surface area contributed by atoms with Gasteiger partial charge in [0.15, 0.2) is 0 Å². The summed E-state index contributed by atoms with van der Waals surface area (Å²) in [4.78, 5) is 0. The monoisotopic (exact) mass is 319 g/mol. The summed E-state index contributed by atoms with van der Waals surface area (Å²) < 4.78 is 27.9. The van der Waals surface area contributed by atoms with Gasteiger partial charge >= 0.3 is 0 Å².